The summed E-state index contributed by atoms with van der Waals surface area (Å²) in [7, 11) is -2.00. The fourth-order valence-electron chi connectivity index (χ4n) is 2.23. The van der Waals surface area contributed by atoms with E-state index >= 15 is 0 Å². The number of hydrogen-bond acceptors (Lipinski definition) is 5. The van der Waals surface area contributed by atoms with Crippen molar-refractivity contribution in [2.45, 2.75) is 31.3 Å². The molecule has 140 valence electrons. The Morgan fingerprint density at radius 3 is 2.35 bits per heavy atom. The minimum atomic E-state index is -3.54. The maximum absolute atomic E-state index is 12.4. The Bertz CT molecular complexity index is 899. The molecule has 0 radical (unpaired) electrons. The molecule has 0 atom stereocenters. The maximum Gasteiger partial charge on any atom is 0.293 e. The van der Waals surface area contributed by atoms with Crippen LogP contribution >= 0.6 is 11.6 Å². The van der Waals surface area contributed by atoms with Gasteiger partial charge in [0.1, 0.15) is 5.69 Å². The third-order valence-electron chi connectivity index (χ3n) is 3.97. The van der Waals surface area contributed by atoms with E-state index in [1.165, 1.54) is 35.6 Å². The number of sulfonamides is 1. The van der Waals surface area contributed by atoms with E-state index < -0.39 is 14.9 Å². The van der Waals surface area contributed by atoms with Crippen molar-refractivity contribution in [3.8, 4) is 0 Å². The van der Waals surface area contributed by atoms with Crippen molar-refractivity contribution >= 4 is 33.0 Å². The van der Waals surface area contributed by atoms with Crippen molar-refractivity contribution in [3.05, 3.63) is 63.2 Å². The lowest BCUT2D eigenvalue weighted by molar-refractivity contribution is -0.383. The van der Waals surface area contributed by atoms with Crippen LogP contribution in [0.5, 0.6) is 0 Å². The molecule has 0 spiro atoms. The molecule has 2 aromatic carbocycles. The predicted octanol–water partition coefficient (Wildman–Crippen LogP) is 3.89. The molecule has 0 saturated carbocycles. The third kappa shape index (κ3) is 4.51. The van der Waals surface area contributed by atoms with Gasteiger partial charge in [-0.1, -0.05) is 23.7 Å². The average molecular weight is 398 g/mol. The number of benzene rings is 2. The van der Waals surface area contributed by atoms with Crippen molar-refractivity contribution in [1.29, 1.82) is 0 Å². The van der Waals surface area contributed by atoms with Crippen molar-refractivity contribution in [1.82, 2.24) is 4.31 Å². The lowest BCUT2D eigenvalue weighted by Crippen LogP contribution is -2.33. The van der Waals surface area contributed by atoms with E-state index in [4.69, 9.17) is 11.6 Å². The molecule has 2 rings (SSSR count). The first kappa shape index (κ1) is 20.2. The summed E-state index contributed by atoms with van der Waals surface area (Å²) in [5.41, 5.74) is 1.02. The van der Waals surface area contributed by atoms with Crippen LogP contribution in [0, 0.1) is 10.1 Å². The molecule has 1 N–H and O–H groups in total. The van der Waals surface area contributed by atoms with Crippen molar-refractivity contribution in [2.24, 2.45) is 0 Å². The van der Waals surface area contributed by atoms with Crippen LogP contribution in [-0.4, -0.2) is 30.7 Å². The molecule has 0 amide bonds. The van der Waals surface area contributed by atoms with E-state index in [1.54, 1.807) is 32.0 Å². The second-order valence-electron chi connectivity index (χ2n) is 6.03. The molecule has 9 heteroatoms. The first-order valence-electron chi connectivity index (χ1n) is 7.87. The minimum absolute atomic E-state index is 0.116. The van der Waals surface area contributed by atoms with Gasteiger partial charge in [0.2, 0.25) is 10.0 Å². The van der Waals surface area contributed by atoms with E-state index in [2.05, 4.69) is 5.32 Å². The highest BCUT2D eigenvalue weighted by Gasteiger charge is 2.22. The Balaban J connectivity index is 2.15. The molecule has 0 fully saturated rings. The van der Waals surface area contributed by atoms with E-state index in [1.807, 2.05) is 0 Å². The Morgan fingerprint density at radius 2 is 1.81 bits per heavy atom. The Hall–Kier alpha value is -2.16. The fourth-order valence-corrected chi connectivity index (χ4v) is 3.76. The molecule has 0 aliphatic heterocycles. The van der Waals surface area contributed by atoms with Crippen LogP contribution in [0.4, 0.5) is 11.4 Å². The number of rotatable bonds is 7. The number of anilines is 1. The lowest BCUT2D eigenvalue weighted by atomic mass is 10.2. The zero-order valence-electron chi connectivity index (χ0n) is 14.6. The number of nitro groups is 1. The molecule has 26 heavy (non-hydrogen) atoms. The van der Waals surface area contributed by atoms with Crippen LogP contribution in [0.25, 0.3) is 0 Å². The van der Waals surface area contributed by atoms with Crippen LogP contribution in [0.15, 0.2) is 47.4 Å². The lowest BCUT2D eigenvalue weighted by Gasteiger charge is -2.21. The number of hydrogen-bond donors (Lipinski definition) is 1. The zero-order chi connectivity index (χ0) is 19.5. The van der Waals surface area contributed by atoms with Gasteiger partial charge in [0.15, 0.2) is 0 Å². The van der Waals surface area contributed by atoms with Gasteiger partial charge < -0.3 is 5.32 Å². The molecule has 7 nitrogen and oxygen atoms in total. The first-order chi connectivity index (χ1) is 12.1. The van der Waals surface area contributed by atoms with Gasteiger partial charge in [-0.2, -0.15) is 4.31 Å². The third-order valence-corrected chi connectivity index (χ3v) is 6.25. The van der Waals surface area contributed by atoms with Crippen molar-refractivity contribution < 1.29 is 13.3 Å². The maximum atomic E-state index is 12.4. The summed E-state index contributed by atoms with van der Waals surface area (Å²) in [5, 5.41) is 14.4. The fraction of sp³-hybridized carbons (Fsp3) is 0.294. The van der Waals surface area contributed by atoms with Gasteiger partial charge in [0, 0.05) is 30.7 Å². The van der Waals surface area contributed by atoms with E-state index in [0.717, 1.165) is 5.56 Å². The monoisotopic (exact) mass is 397 g/mol. The van der Waals surface area contributed by atoms with Crippen molar-refractivity contribution in [3.63, 3.8) is 0 Å². The van der Waals surface area contributed by atoms with Crippen molar-refractivity contribution in [2.75, 3.05) is 12.4 Å². The van der Waals surface area contributed by atoms with E-state index in [-0.39, 0.29) is 21.6 Å². The van der Waals surface area contributed by atoms with Gasteiger partial charge in [-0.3, -0.25) is 10.1 Å². The second-order valence-corrected chi connectivity index (χ2v) is 8.47. The summed E-state index contributed by atoms with van der Waals surface area (Å²) >= 11 is 5.79. The molecule has 0 aliphatic rings. The predicted molar refractivity (Wildman–Crippen MR) is 102 cm³/mol. The van der Waals surface area contributed by atoms with Gasteiger partial charge in [-0.15, -0.1) is 0 Å². The number of halogens is 1. The topological polar surface area (TPSA) is 92.6 Å². The molecular formula is C17H20ClN3O4S. The SMILES string of the molecule is CC(C)N(C)S(=O)(=O)c1ccc(CNc2ccc(Cl)cc2[N+](=O)[O-])cc1. The summed E-state index contributed by atoms with van der Waals surface area (Å²) < 4.78 is 26.2. The molecule has 0 unspecified atom stereocenters. The summed E-state index contributed by atoms with van der Waals surface area (Å²) in [6.07, 6.45) is 0. The molecule has 0 bridgehead atoms. The summed E-state index contributed by atoms with van der Waals surface area (Å²) in [5.74, 6) is 0. The normalized spacial score (nSPS) is 11.8. The van der Waals surface area contributed by atoms with Crippen LogP contribution in [-0.2, 0) is 16.6 Å². The Labute approximate surface area is 157 Å². The zero-order valence-corrected chi connectivity index (χ0v) is 16.2. The van der Waals surface area contributed by atoms with E-state index in [0.29, 0.717) is 12.2 Å². The average Bonchev–Trinajstić information content (AvgIpc) is 2.60. The summed E-state index contributed by atoms with van der Waals surface area (Å²) in [4.78, 5) is 10.8. The highest BCUT2D eigenvalue weighted by Crippen LogP contribution is 2.28. The molecule has 0 aliphatic carbocycles. The Morgan fingerprint density at radius 1 is 1.19 bits per heavy atom. The van der Waals surface area contributed by atoms with Crippen LogP contribution in [0.2, 0.25) is 5.02 Å². The van der Waals surface area contributed by atoms with Gasteiger partial charge in [-0.05, 0) is 43.7 Å². The van der Waals surface area contributed by atoms with Gasteiger partial charge in [0.05, 0.1) is 9.82 Å². The Kier molecular flexibility index (Phi) is 6.22. The quantitative estimate of drug-likeness (QED) is 0.565. The smallest absolute Gasteiger partial charge is 0.293 e. The molecule has 0 heterocycles. The number of nitrogens with one attached hydrogen (secondary N) is 1. The second kappa shape index (κ2) is 8.03. The van der Waals surface area contributed by atoms with Gasteiger partial charge in [-0.25, -0.2) is 8.42 Å². The van der Waals surface area contributed by atoms with Gasteiger partial charge in [0.25, 0.3) is 5.69 Å². The highest BCUT2D eigenvalue weighted by atomic mass is 35.5. The van der Waals surface area contributed by atoms with E-state index in [9.17, 15) is 18.5 Å². The summed E-state index contributed by atoms with van der Waals surface area (Å²) in [6, 6.07) is 10.6. The molecule has 0 aromatic heterocycles. The first-order valence-corrected chi connectivity index (χ1v) is 9.69. The highest BCUT2D eigenvalue weighted by molar-refractivity contribution is 7.89. The van der Waals surface area contributed by atoms with Crippen LogP contribution in [0.1, 0.15) is 19.4 Å². The molecular weight excluding hydrogens is 378 g/mol. The number of nitro benzene ring substituents is 1. The van der Waals surface area contributed by atoms with Gasteiger partial charge >= 0.3 is 0 Å². The summed E-state index contributed by atoms with van der Waals surface area (Å²) in [6.45, 7) is 3.91. The minimum Gasteiger partial charge on any atom is -0.375 e. The molecule has 2 aromatic rings. The molecule has 0 saturated heterocycles. The largest absolute Gasteiger partial charge is 0.375 e. The van der Waals surface area contributed by atoms with Crippen LogP contribution in [0.3, 0.4) is 0 Å². The standard InChI is InChI=1S/C17H20ClN3O4S/c1-12(2)20(3)26(24,25)15-7-4-13(5-8-15)11-19-16-9-6-14(18)10-17(16)21(22)23/h4-10,12,19H,11H2,1-3H3. The van der Waals surface area contributed by atoms with Crippen LogP contribution < -0.4 is 5.32 Å². The number of nitrogens with zero attached hydrogens (tertiary/aromatic N) is 2.